The second-order valence-electron chi connectivity index (χ2n) is 6.56. The van der Waals surface area contributed by atoms with E-state index in [-0.39, 0.29) is 0 Å². The van der Waals surface area contributed by atoms with Crippen LogP contribution in [0.3, 0.4) is 0 Å². The van der Waals surface area contributed by atoms with Crippen molar-refractivity contribution < 1.29 is 4.74 Å². The highest BCUT2D eigenvalue weighted by molar-refractivity contribution is 9.10. The molecule has 154 valence electrons. The van der Waals surface area contributed by atoms with E-state index in [1.165, 1.54) is 5.56 Å². The molecule has 0 fully saturated rings. The number of ether oxygens (including phenoxy) is 1. The first-order valence-corrected chi connectivity index (χ1v) is 11.5. The number of methoxy groups -OCH3 is 1. The predicted molar refractivity (Wildman–Crippen MR) is 126 cm³/mol. The normalized spacial score (nSPS) is 11.0. The van der Waals surface area contributed by atoms with Crippen LogP contribution < -0.4 is 10.1 Å². The minimum absolute atomic E-state index is 0.683. The Balaban J connectivity index is 1.69. The minimum Gasteiger partial charge on any atom is -0.497 e. The van der Waals surface area contributed by atoms with Crippen molar-refractivity contribution in [2.45, 2.75) is 18.5 Å². The third-order valence-electron chi connectivity index (χ3n) is 4.59. The molecular formula is C22H22BrN5OS. The third-order valence-corrected chi connectivity index (χ3v) is 5.97. The van der Waals surface area contributed by atoms with Gasteiger partial charge < -0.3 is 10.1 Å². The van der Waals surface area contributed by atoms with E-state index in [4.69, 9.17) is 14.7 Å². The van der Waals surface area contributed by atoms with Crippen molar-refractivity contribution in [3.05, 3.63) is 64.9 Å². The van der Waals surface area contributed by atoms with Gasteiger partial charge in [0.25, 0.3) is 0 Å². The van der Waals surface area contributed by atoms with Gasteiger partial charge >= 0.3 is 0 Å². The maximum Gasteiger partial charge on any atom is 0.191 e. The number of nitrogens with one attached hydrogen (secondary N) is 1. The Labute approximate surface area is 188 Å². The van der Waals surface area contributed by atoms with Gasteiger partial charge in [-0.25, -0.2) is 15.0 Å². The highest BCUT2D eigenvalue weighted by Crippen LogP contribution is 2.30. The molecule has 0 saturated carbocycles. The maximum atomic E-state index is 5.28. The number of fused-ring (bicyclic) bond motifs is 1. The number of thioether (sulfide) groups is 1. The number of hydrogen-bond acceptors (Lipinski definition) is 6. The molecule has 2 aromatic carbocycles. The van der Waals surface area contributed by atoms with Crippen LogP contribution in [-0.2, 0) is 6.42 Å². The van der Waals surface area contributed by atoms with Gasteiger partial charge in [-0.2, -0.15) is 0 Å². The third kappa shape index (κ3) is 4.44. The van der Waals surface area contributed by atoms with E-state index in [9.17, 15) is 0 Å². The highest BCUT2D eigenvalue weighted by Gasteiger charge is 2.18. The van der Waals surface area contributed by atoms with Gasteiger partial charge in [0.2, 0.25) is 0 Å². The topological polar surface area (TPSA) is 64.9 Å². The SMILES string of the molecule is CCNc1nc(SCCc2ccccc2)nc2c1nc(Br)n2-c1ccc(OC)cc1. The van der Waals surface area contributed by atoms with Crippen LogP contribution in [-0.4, -0.2) is 38.9 Å². The summed E-state index contributed by atoms with van der Waals surface area (Å²) >= 11 is 5.24. The fourth-order valence-electron chi connectivity index (χ4n) is 3.13. The number of hydrogen-bond donors (Lipinski definition) is 1. The number of aromatic nitrogens is 4. The first-order chi connectivity index (χ1) is 14.7. The van der Waals surface area contributed by atoms with Crippen LogP contribution in [0.2, 0.25) is 0 Å². The summed E-state index contributed by atoms with van der Waals surface area (Å²) in [5, 5.41) is 4.06. The minimum atomic E-state index is 0.683. The van der Waals surface area contributed by atoms with Crippen molar-refractivity contribution >= 4 is 44.7 Å². The lowest BCUT2D eigenvalue weighted by molar-refractivity contribution is 0.414. The van der Waals surface area contributed by atoms with Crippen molar-refractivity contribution in [2.24, 2.45) is 0 Å². The first kappa shape index (κ1) is 20.7. The molecule has 0 spiro atoms. The van der Waals surface area contributed by atoms with Gasteiger partial charge in [-0.05, 0) is 59.1 Å². The van der Waals surface area contributed by atoms with E-state index in [0.29, 0.717) is 4.73 Å². The van der Waals surface area contributed by atoms with Gasteiger partial charge in [0.05, 0.1) is 7.11 Å². The Kier molecular flexibility index (Phi) is 6.54. The average molecular weight is 484 g/mol. The van der Waals surface area contributed by atoms with Crippen LogP contribution >= 0.6 is 27.7 Å². The zero-order valence-corrected chi connectivity index (χ0v) is 19.2. The molecule has 0 amide bonds. The molecular weight excluding hydrogens is 462 g/mol. The monoisotopic (exact) mass is 483 g/mol. The molecule has 6 nitrogen and oxygen atoms in total. The molecule has 0 aliphatic rings. The summed E-state index contributed by atoms with van der Waals surface area (Å²) in [4.78, 5) is 14.2. The zero-order chi connectivity index (χ0) is 20.9. The Hall–Kier alpha value is -2.58. The molecule has 2 aromatic heterocycles. The number of nitrogens with zero attached hydrogens (tertiary/aromatic N) is 4. The second-order valence-corrected chi connectivity index (χ2v) is 8.33. The summed E-state index contributed by atoms with van der Waals surface area (Å²) in [7, 11) is 1.66. The molecule has 1 N–H and O–H groups in total. The molecule has 0 unspecified atom stereocenters. The largest absolute Gasteiger partial charge is 0.497 e. The molecule has 8 heteroatoms. The number of anilines is 1. The van der Waals surface area contributed by atoms with Crippen molar-refractivity contribution in [1.82, 2.24) is 19.5 Å². The highest BCUT2D eigenvalue weighted by atomic mass is 79.9. The summed E-state index contributed by atoms with van der Waals surface area (Å²) in [6, 6.07) is 18.3. The standard InChI is InChI=1S/C22H22BrN5OS/c1-3-24-19-18-20(27-22(26-19)30-14-13-15-7-5-4-6-8-15)28(21(23)25-18)16-9-11-17(29-2)12-10-16/h4-12H,3,13-14H2,1-2H3,(H,24,26,27). The Bertz CT molecular complexity index is 1130. The summed E-state index contributed by atoms with van der Waals surface area (Å²) in [6.07, 6.45) is 0.963. The molecule has 0 atom stereocenters. The quantitative estimate of drug-likeness (QED) is 0.207. The fourth-order valence-corrected chi connectivity index (χ4v) is 4.51. The van der Waals surface area contributed by atoms with Gasteiger partial charge in [0.1, 0.15) is 5.75 Å². The van der Waals surface area contributed by atoms with E-state index >= 15 is 0 Å². The van der Waals surface area contributed by atoms with Gasteiger partial charge in [0, 0.05) is 18.0 Å². The molecule has 0 aliphatic carbocycles. The molecule has 2 heterocycles. The Morgan fingerprint density at radius 2 is 1.80 bits per heavy atom. The van der Waals surface area contributed by atoms with Crippen LogP contribution in [0.1, 0.15) is 12.5 Å². The number of benzene rings is 2. The van der Waals surface area contributed by atoms with Crippen molar-refractivity contribution in [3.8, 4) is 11.4 Å². The summed E-state index contributed by atoms with van der Waals surface area (Å²) in [5.41, 5.74) is 3.77. The lowest BCUT2D eigenvalue weighted by atomic mass is 10.2. The Morgan fingerprint density at radius 1 is 1.03 bits per heavy atom. The number of imidazole rings is 1. The van der Waals surface area contributed by atoms with Crippen LogP contribution in [0.5, 0.6) is 5.75 Å². The second kappa shape index (κ2) is 9.49. The smallest absolute Gasteiger partial charge is 0.191 e. The summed E-state index contributed by atoms with van der Waals surface area (Å²) < 4.78 is 7.95. The average Bonchev–Trinajstić information content (AvgIpc) is 3.11. The van der Waals surface area contributed by atoms with Crippen LogP contribution in [0.4, 0.5) is 5.82 Å². The van der Waals surface area contributed by atoms with Crippen LogP contribution in [0.15, 0.2) is 64.5 Å². The van der Waals surface area contributed by atoms with Gasteiger partial charge in [0.15, 0.2) is 26.9 Å². The summed E-state index contributed by atoms with van der Waals surface area (Å²) in [5.74, 6) is 2.45. The number of rotatable bonds is 8. The molecule has 30 heavy (non-hydrogen) atoms. The van der Waals surface area contributed by atoms with E-state index in [2.05, 4.69) is 50.5 Å². The van der Waals surface area contributed by atoms with E-state index in [1.54, 1.807) is 18.9 Å². The number of halogens is 1. The summed E-state index contributed by atoms with van der Waals surface area (Å²) in [6.45, 7) is 2.80. The lowest BCUT2D eigenvalue weighted by Crippen LogP contribution is -2.04. The van der Waals surface area contributed by atoms with E-state index < -0.39 is 0 Å². The Morgan fingerprint density at radius 3 is 2.50 bits per heavy atom. The first-order valence-electron chi connectivity index (χ1n) is 9.70. The molecule has 0 bridgehead atoms. The molecule has 4 aromatic rings. The van der Waals surface area contributed by atoms with Crippen LogP contribution in [0, 0.1) is 0 Å². The molecule has 0 aliphatic heterocycles. The van der Waals surface area contributed by atoms with Gasteiger partial charge in [-0.1, -0.05) is 42.1 Å². The van der Waals surface area contributed by atoms with Crippen molar-refractivity contribution in [1.29, 1.82) is 0 Å². The van der Waals surface area contributed by atoms with Crippen molar-refractivity contribution in [3.63, 3.8) is 0 Å². The van der Waals surface area contributed by atoms with Crippen molar-refractivity contribution in [2.75, 3.05) is 24.7 Å². The molecule has 0 radical (unpaired) electrons. The van der Waals surface area contributed by atoms with E-state index in [0.717, 1.165) is 52.3 Å². The lowest BCUT2D eigenvalue weighted by Gasteiger charge is -2.09. The predicted octanol–water partition coefficient (Wildman–Crippen LogP) is 5.35. The van der Waals surface area contributed by atoms with E-state index in [1.807, 2.05) is 41.8 Å². The molecule has 4 rings (SSSR count). The van der Waals surface area contributed by atoms with Crippen LogP contribution in [0.25, 0.3) is 16.9 Å². The van der Waals surface area contributed by atoms with Gasteiger partial charge in [-0.15, -0.1) is 0 Å². The zero-order valence-electron chi connectivity index (χ0n) is 16.8. The fraction of sp³-hybridized carbons (Fsp3) is 0.227. The molecule has 0 saturated heterocycles. The van der Waals surface area contributed by atoms with Gasteiger partial charge in [-0.3, -0.25) is 4.57 Å². The number of aryl methyl sites for hydroxylation is 1. The maximum absolute atomic E-state index is 5.28.